The molecule has 3 rings (SSSR count). The lowest BCUT2D eigenvalue weighted by Crippen LogP contribution is -2.34. The number of halogens is 2. The molecule has 2 nitrogen and oxygen atoms in total. The van der Waals surface area contributed by atoms with Gasteiger partial charge in [0.05, 0.1) is 0 Å². The van der Waals surface area contributed by atoms with Crippen molar-refractivity contribution in [2.45, 2.75) is 25.4 Å². The van der Waals surface area contributed by atoms with E-state index >= 15 is 0 Å². The smallest absolute Gasteiger partial charge is 0.124 e. The van der Waals surface area contributed by atoms with E-state index in [1.807, 2.05) is 0 Å². The van der Waals surface area contributed by atoms with Crippen LogP contribution in [-0.2, 0) is 6.54 Å². The quantitative estimate of drug-likeness (QED) is 0.813. The fourth-order valence-corrected chi connectivity index (χ4v) is 3.78. The molecule has 2 atom stereocenters. The van der Waals surface area contributed by atoms with Crippen LogP contribution >= 0.6 is 11.6 Å². The molecule has 0 N–H and O–H groups in total. The van der Waals surface area contributed by atoms with E-state index in [2.05, 4.69) is 55.1 Å². The number of nitrogens with zero attached hydrogens (tertiary/aromatic N) is 2. The zero-order valence-electron chi connectivity index (χ0n) is 14.5. The molecule has 128 valence electrons. The van der Waals surface area contributed by atoms with Crippen LogP contribution in [0.5, 0.6) is 0 Å². The second-order valence-corrected chi connectivity index (χ2v) is 7.39. The number of benzene rings is 2. The molecular formula is C20H24ClFN2. The second-order valence-electron chi connectivity index (χ2n) is 6.98. The molecule has 0 amide bonds. The molecule has 1 aliphatic rings. The van der Waals surface area contributed by atoms with Gasteiger partial charge in [0.25, 0.3) is 0 Å². The maximum atomic E-state index is 13.2. The Morgan fingerprint density at radius 2 is 1.83 bits per heavy atom. The van der Waals surface area contributed by atoms with Crippen LogP contribution in [0.4, 0.5) is 4.39 Å². The van der Waals surface area contributed by atoms with Crippen molar-refractivity contribution >= 4 is 11.6 Å². The van der Waals surface area contributed by atoms with Gasteiger partial charge in [-0.2, -0.15) is 0 Å². The normalized spacial score (nSPS) is 21.6. The number of aryl methyl sites for hydroxylation is 1. The molecule has 1 saturated heterocycles. The molecule has 0 aromatic heterocycles. The van der Waals surface area contributed by atoms with Gasteiger partial charge in [-0.3, -0.25) is 4.90 Å². The summed E-state index contributed by atoms with van der Waals surface area (Å²) >= 11 is 6.20. The molecule has 4 heteroatoms. The van der Waals surface area contributed by atoms with E-state index in [0.29, 0.717) is 17.0 Å². The third-order valence-electron chi connectivity index (χ3n) is 4.94. The molecule has 1 heterocycles. The molecule has 2 aromatic rings. The minimum absolute atomic E-state index is 0.283. The Bertz CT molecular complexity index is 699. The molecule has 0 saturated carbocycles. The van der Waals surface area contributed by atoms with E-state index in [9.17, 15) is 4.39 Å². The van der Waals surface area contributed by atoms with Crippen LogP contribution in [0.25, 0.3) is 0 Å². The van der Waals surface area contributed by atoms with Crippen molar-refractivity contribution in [3.63, 3.8) is 0 Å². The van der Waals surface area contributed by atoms with Gasteiger partial charge in [-0.1, -0.05) is 47.5 Å². The molecule has 24 heavy (non-hydrogen) atoms. The Kier molecular flexibility index (Phi) is 5.24. The van der Waals surface area contributed by atoms with Crippen LogP contribution in [-0.4, -0.2) is 43.0 Å². The van der Waals surface area contributed by atoms with Gasteiger partial charge < -0.3 is 4.90 Å². The van der Waals surface area contributed by atoms with Gasteiger partial charge in [-0.15, -0.1) is 0 Å². The molecule has 0 spiro atoms. The van der Waals surface area contributed by atoms with Crippen molar-refractivity contribution in [1.29, 1.82) is 0 Å². The molecule has 1 fully saturated rings. The SMILES string of the molecule is Cc1ccc(C2CN(Cc3ccc(F)cc3Cl)CC2N(C)C)cc1. The maximum absolute atomic E-state index is 13.2. The summed E-state index contributed by atoms with van der Waals surface area (Å²) in [5.41, 5.74) is 3.65. The van der Waals surface area contributed by atoms with Gasteiger partial charge in [-0.25, -0.2) is 4.39 Å². The van der Waals surface area contributed by atoms with Gasteiger partial charge in [0.2, 0.25) is 0 Å². The monoisotopic (exact) mass is 346 g/mol. The highest BCUT2D eigenvalue weighted by Crippen LogP contribution is 2.32. The van der Waals surface area contributed by atoms with Crippen molar-refractivity contribution in [2.75, 3.05) is 27.2 Å². The van der Waals surface area contributed by atoms with Gasteiger partial charge in [-0.05, 0) is 44.3 Å². The van der Waals surface area contributed by atoms with Gasteiger partial charge in [0.15, 0.2) is 0 Å². The lowest BCUT2D eigenvalue weighted by molar-refractivity contribution is 0.260. The molecule has 2 aromatic carbocycles. The number of rotatable bonds is 4. The van der Waals surface area contributed by atoms with E-state index in [0.717, 1.165) is 25.2 Å². The second kappa shape index (κ2) is 7.22. The maximum Gasteiger partial charge on any atom is 0.124 e. The third-order valence-corrected chi connectivity index (χ3v) is 5.29. The van der Waals surface area contributed by atoms with Crippen LogP contribution in [0, 0.1) is 12.7 Å². The lowest BCUT2D eigenvalue weighted by Gasteiger charge is -2.25. The Labute approximate surface area is 148 Å². The zero-order valence-corrected chi connectivity index (χ0v) is 15.2. The summed E-state index contributed by atoms with van der Waals surface area (Å²) in [7, 11) is 4.28. The van der Waals surface area contributed by atoms with Crippen molar-refractivity contribution in [2.24, 2.45) is 0 Å². The average molecular weight is 347 g/mol. The third kappa shape index (κ3) is 3.80. The van der Waals surface area contributed by atoms with Crippen molar-refractivity contribution in [3.8, 4) is 0 Å². The summed E-state index contributed by atoms with van der Waals surface area (Å²) < 4.78 is 13.2. The number of likely N-dealkylation sites (tertiary alicyclic amines) is 1. The van der Waals surface area contributed by atoms with Crippen molar-refractivity contribution in [1.82, 2.24) is 9.80 Å². The van der Waals surface area contributed by atoms with Gasteiger partial charge >= 0.3 is 0 Å². The van der Waals surface area contributed by atoms with E-state index in [1.54, 1.807) is 6.07 Å². The Morgan fingerprint density at radius 1 is 1.12 bits per heavy atom. The molecular weight excluding hydrogens is 323 g/mol. The molecule has 1 aliphatic heterocycles. The van der Waals surface area contributed by atoms with E-state index in [1.165, 1.54) is 23.3 Å². The van der Waals surface area contributed by atoms with E-state index < -0.39 is 0 Å². The van der Waals surface area contributed by atoms with E-state index in [-0.39, 0.29) is 5.82 Å². The summed E-state index contributed by atoms with van der Waals surface area (Å²) in [4.78, 5) is 4.71. The summed E-state index contributed by atoms with van der Waals surface area (Å²) in [5.74, 6) is 0.189. The molecule has 0 bridgehead atoms. The lowest BCUT2D eigenvalue weighted by atomic mass is 9.93. The van der Waals surface area contributed by atoms with Gasteiger partial charge in [0, 0.05) is 36.6 Å². The highest BCUT2D eigenvalue weighted by molar-refractivity contribution is 6.31. The number of likely N-dealkylation sites (N-methyl/N-ethyl adjacent to an activating group) is 1. The van der Waals surface area contributed by atoms with Crippen LogP contribution in [0.2, 0.25) is 5.02 Å². The molecule has 0 aliphatic carbocycles. The summed E-state index contributed by atoms with van der Waals surface area (Å²) in [6.45, 7) is 4.84. The van der Waals surface area contributed by atoms with Crippen molar-refractivity contribution in [3.05, 3.63) is 70.0 Å². The van der Waals surface area contributed by atoms with Crippen LogP contribution < -0.4 is 0 Å². The Balaban J connectivity index is 1.78. The average Bonchev–Trinajstić information content (AvgIpc) is 2.95. The van der Waals surface area contributed by atoms with Crippen LogP contribution in [0.1, 0.15) is 22.6 Å². The number of hydrogen-bond acceptors (Lipinski definition) is 2. The Hall–Kier alpha value is -1.42. The predicted octanol–water partition coefficient (Wildman–Crippen LogP) is 4.32. The molecule has 0 radical (unpaired) electrons. The first kappa shape index (κ1) is 17.4. The number of hydrogen-bond donors (Lipinski definition) is 0. The summed E-state index contributed by atoms with van der Waals surface area (Å²) in [5, 5.41) is 0.509. The first-order valence-corrected chi connectivity index (χ1v) is 8.71. The fraction of sp³-hybridized carbons (Fsp3) is 0.400. The van der Waals surface area contributed by atoms with Crippen LogP contribution in [0.15, 0.2) is 42.5 Å². The predicted molar refractivity (Wildman–Crippen MR) is 98.1 cm³/mol. The Morgan fingerprint density at radius 3 is 2.46 bits per heavy atom. The standard InChI is InChI=1S/C20H24ClFN2/c1-14-4-6-15(7-5-14)18-12-24(13-20(18)23(2)3)11-16-8-9-17(22)10-19(16)21/h4-10,18,20H,11-13H2,1-3H3. The summed E-state index contributed by atoms with van der Waals surface area (Å²) in [6.07, 6.45) is 0. The molecule has 2 unspecified atom stereocenters. The fourth-order valence-electron chi connectivity index (χ4n) is 3.55. The largest absolute Gasteiger partial charge is 0.305 e. The van der Waals surface area contributed by atoms with E-state index in [4.69, 9.17) is 11.6 Å². The summed E-state index contributed by atoms with van der Waals surface area (Å²) in [6, 6.07) is 14.0. The minimum atomic E-state index is -0.283. The first-order valence-electron chi connectivity index (χ1n) is 8.33. The highest BCUT2D eigenvalue weighted by atomic mass is 35.5. The van der Waals surface area contributed by atoms with Gasteiger partial charge in [0.1, 0.15) is 5.82 Å². The first-order chi connectivity index (χ1) is 11.4. The minimum Gasteiger partial charge on any atom is -0.305 e. The van der Waals surface area contributed by atoms with Crippen molar-refractivity contribution < 1.29 is 4.39 Å². The topological polar surface area (TPSA) is 6.48 Å². The highest BCUT2D eigenvalue weighted by Gasteiger charge is 2.35. The zero-order chi connectivity index (χ0) is 17.3. The van der Waals surface area contributed by atoms with Crippen LogP contribution in [0.3, 0.4) is 0 Å².